The molecule has 0 aromatic heterocycles. The van der Waals surface area contributed by atoms with Gasteiger partial charge in [-0.05, 0) is 28.7 Å². The number of benzene rings is 2. The molecular formula is C22H28N2O4S. The van der Waals surface area contributed by atoms with Gasteiger partial charge in [-0.1, -0.05) is 63.2 Å². The second-order valence-electron chi connectivity index (χ2n) is 8.21. The Bertz CT molecular complexity index is 935. The molecule has 1 amide bonds. The third-order valence-electron chi connectivity index (χ3n) is 5.03. The molecule has 0 unspecified atom stereocenters. The lowest BCUT2D eigenvalue weighted by atomic mass is 9.87. The molecule has 3 rings (SSSR count). The number of carbonyl (C=O) groups excluding carboxylic acids is 1. The van der Waals surface area contributed by atoms with Crippen LogP contribution in [0.1, 0.15) is 38.0 Å². The Labute approximate surface area is 172 Å². The van der Waals surface area contributed by atoms with E-state index in [9.17, 15) is 13.2 Å². The molecule has 2 aromatic carbocycles. The van der Waals surface area contributed by atoms with Crippen molar-refractivity contribution in [1.82, 2.24) is 9.62 Å². The van der Waals surface area contributed by atoms with Crippen LogP contribution in [0, 0.1) is 0 Å². The quantitative estimate of drug-likeness (QED) is 0.813. The monoisotopic (exact) mass is 416 g/mol. The molecule has 156 valence electrons. The minimum atomic E-state index is -3.75. The number of carbonyl (C=O) groups is 1. The number of morpholine rings is 1. The van der Waals surface area contributed by atoms with E-state index >= 15 is 0 Å². The molecule has 1 heterocycles. The van der Waals surface area contributed by atoms with Crippen LogP contribution in [-0.4, -0.2) is 45.5 Å². The van der Waals surface area contributed by atoms with Crippen LogP contribution in [0.5, 0.6) is 0 Å². The van der Waals surface area contributed by atoms with E-state index in [1.807, 2.05) is 42.5 Å². The van der Waals surface area contributed by atoms with Gasteiger partial charge in [0.05, 0.1) is 24.6 Å². The Morgan fingerprint density at radius 3 is 2.38 bits per heavy atom. The summed E-state index contributed by atoms with van der Waals surface area (Å²) in [7, 11) is -3.75. The lowest BCUT2D eigenvalue weighted by Gasteiger charge is -2.33. The Balaban J connectivity index is 1.60. The summed E-state index contributed by atoms with van der Waals surface area (Å²) in [6, 6.07) is 16.5. The zero-order valence-corrected chi connectivity index (χ0v) is 17.9. The van der Waals surface area contributed by atoms with Crippen molar-refractivity contribution in [2.45, 2.75) is 37.2 Å². The van der Waals surface area contributed by atoms with E-state index in [1.54, 1.807) is 17.0 Å². The third kappa shape index (κ3) is 5.44. The van der Waals surface area contributed by atoms with E-state index < -0.39 is 10.0 Å². The van der Waals surface area contributed by atoms with Crippen LogP contribution < -0.4 is 4.72 Å². The topological polar surface area (TPSA) is 75.7 Å². The summed E-state index contributed by atoms with van der Waals surface area (Å²) < 4.78 is 33.3. The standard InChI is InChI=1S/C22H28N2O4S/c1-22(2,3)18-9-11-19(12-10-18)29(26,27)23-15-21(25)24-13-14-28-20(16-24)17-7-5-4-6-8-17/h4-12,20,23H,13-16H2,1-3H3/t20-/m1/s1. The van der Waals surface area contributed by atoms with Crippen molar-refractivity contribution in [3.05, 3.63) is 65.7 Å². The molecule has 1 aliphatic heterocycles. The second kappa shape index (κ2) is 8.65. The summed E-state index contributed by atoms with van der Waals surface area (Å²) in [5.74, 6) is -0.260. The van der Waals surface area contributed by atoms with Gasteiger partial charge in [0.25, 0.3) is 0 Å². The van der Waals surface area contributed by atoms with Crippen LogP contribution >= 0.6 is 0 Å². The molecule has 1 fully saturated rings. The van der Waals surface area contributed by atoms with Gasteiger partial charge < -0.3 is 9.64 Å². The molecule has 2 aromatic rings. The zero-order chi connectivity index (χ0) is 21.1. The number of nitrogens with zero attached hydrogens (tertiary/aromatic N) is 1. The van der Waals surface area contributed by atoms with E-state index in [-0.39, 0.29) is 28.9 Å². The van der Waals surface area contributed by atoms with E-state index in [0.717, 1.165) is 11.1 Å². The number of sulfonamides is 1. The van der Waals surface area contributed by atoms with Crippen LogP contribution in [0.3, 0.4) is 0 Å². The van der Waals surface area contributed by atoms with E-state index in [2.05, 4.69) is 25.5 Å². The van der Waals surface area contributed by atoms with Crippen molar-refractivity contribution < 1.29 is 17.9 Å². The van der Waals surface area contributed by atoms with Gasteiger partial charge in [0, 0.05) is 6.54 Å². The van der Waals surface area contributed by atoms with E-state index in [1.165, 1.54) is 0 Å². The smallest absolute Gasteiger partial charge is 0.241 e. The maximum atomic E-state index is 12.6. The molecular weight excluding hydrogens is 388 g/mol. The number of amides is 1. The number of hydrogen-bond acceptors (Lipinski definition) is 4. The minimum Gasteiger partial charge on any atom is -0.370 e. The first-order valence-electron chi connectivity index (χ1n) is 9.71. The summed E-state index contributed by atoms with van der Waals surface area (Å²) in [5.41, 5.74) is 1.99. The highest BCUT2D eigenvalue weighted by Crippen LogP contribution is 2.24. The number of nitrogens with one attached hydrogen (secondary N) is 1. The Hall–Kier alpha value is -2.22. The van der Waals surface area contributed by atoms with Crippen LogP contribution in [0.2, 0.25) is 0 Å². The fourth-order valence-corrected chi connectivity index (χ4v) is 4.21. The SMILES string of the molecule is CC(C)(C)c1ccc(S(=O)(=O)NCC(=O)N2CCO[C@@H](c3ccccc3)C2)cc1. The van der Waals surface area contributed by atoms with Gasteiger partial charge in [0.2, 0.25) is 15.9 Å². The first-order valence-corrected chi connectivity index (χ1v) is 11.2. The summed E-state index contributed by atoms with van der Waals surface area (Å²) >= 11 is 0. The molecule has 6 nitrogen and oxygen atoms in total. The van der Waals surface area contributed by atoms with E-state index in [4.69, 9.17) is 4.74 Å². The predicted molar refractivity (Wildman–Crippen MR) is 112 cm³/mol. The highest BCUT2D eigenvalue weighted by atomic mass is 32.2. The fraction of sp³-hybridized carbons (Fsp3) is 0.409. The molecule has 0 saturated carbocycles. The largest absolute Gasteiger partial charge is 0.370 e. The van der Waals surface area contributed by atoms with E-state index in [0.29, 0.717) is 19.7 Å². The Morgan fingerprint density at radius 2 is 1.76 bits per heavy atom. The molecule has 0 radical (unpaired) electrons. The third-order valence-corrected chi connectivity index (χ3v) is 6.45. The molecule has 1 saturated heterocycles. The van der Waals surface area contributed by atoms with Gasteiger partial charge >= 0.3 is 0 Å². The summed E-state index contributed by atoms with van der Waals surface area (Å²) in [5, 5.41) is 0. The highest BCUT2D eigenvalue weighted by Gasteiger charge is 2.26. The van der Waals surface area contributed by atoms with Gasteiger partial charge in [-0.25, -0.2) is 13.1 Å². The van der Waals surface area contributed by atoms with Gasteiger partial charge in [-0.3, -0.25) is 4.79 Å². The van der Waals surface area contributed by atoms with Crippen molar-refractivity contribution in [2.75, 3.05) is 26.2 Å². The first-order chi connectivity index (χ1) is 13.7. The van der Waals surface area contributed by atoms with Crippen LogP contribution in [0.15, 0.2) is 59.5 Å². The van der Waals surface area contributed by atoms with Gasteiger partial charge in [0.15, 0.2) is 0 Å². The molecule has 0 spiro atoms. The summed E-state index contributed by atoms with van der Waals surface area (Å²) in [4.78, 5) is 14.4. The average Bonchev–Trinajstić information content (AvgIpc) is 2.72. The second-order valence-corrected chi connectivity index (χ2v) is 9.98. The number of ether oxygens (including phenoxy) is 1. The lowest BCUT2D eigenvalue weighted by Crippen LogP contribution is -2.46. The average molecular weight is 417 g/mol. The van der Waals surface area contributed by atoms with Crippen molar-refractivity contribution in [1.29, 1.82) is 0 Å². The lowest BCUT2D eigenvalue weighted by molar-refractivity contribution is -0.137. The van der Waals surface area contributed by atoms with Crippen molar-refractivity contribution >= 4 is 15.9 Å². The molecule has 0 bridgehead atoms. The first kappa shape index (κ1) is 21.5. The maximum absolute atomic E-state index is 12.6. The van der Waals surface area contributed by atoms with Crippen molar-refractivity contribution in [3.63, 3.8) is 0 Å². The zero-order valence-electron chi connectivity index (χ0n) is 17.1. The van der Waals surface area contributed by atoms with Gasteiger partial charge in [-0.2, -0.15) is 0 Å². The summed E-state index contributed by atoms with van der Waals surface area (Å²) in [6.45, 7) is 7.21. The molecule has 0 aliphatic carbocycles. The maximum Gasteiger partial charge on any atom is 0.241 e. The number of hydrogen-bond donors (Lipinski definition) is 1. The molecule has 1 atom stereocenters. The summed E-state index contributed by atoms with van der Waals surface area (Å²) in [6.07, 6.45) is -0.199. The normalized spacial score (nSPS) is 17.9. The Kier molecular flexibility index (Phi) is 6.41. The van der Waals surface area contributed by atoms with Gasteiger partial charge in [-0.15, -0.1) is 0 Å². The highest BCUT2D eigenvalue weighted by molar-refractivity contribution is 7.89. The van der Waals surface area contributed by atoms with Gasteiger partial charge in [0.1, 0.15) is 6.10 Å². The predicted octanol–water partition coefficient (Wildman–Crippen LogP) is 2.86. The molecule has 1 aliphatic rings. The molecule has 29 heavy (non-hydrogen) atoms. The van der Waals surface area contributed by atoms with Crippen LogP contribution in [0.4, 0.5) is 0 Å². The van der Waals surface area contributed by atoms with Crippen LogP contribution in [-0.2, 0) is 25.0 Å². The minimum absolute atomic E-state index is 0.0582. The fourth-order valence-electron chi connectivity index (χ4n) is 3.23. The van der Waals surface area contributed by atoms with Crippen molar-refractivity contribution in [3.8, 4) is 0 Å². The number of rotatable bonds is 5. The Morgan fingerprint density at radius 1 is 1.10 bits per heavy atom. The van der Waals surface area contributed by atoms with Crippen molar-refractivity contribution in [2.24, 2.45) is 0 Å². The molecule has 1 N–H and O–H groups in total. The van der Waals surface area contributed by atoms with Crippen LogP contribution in [0.25, 0.3) is 0 Å². The molecule has 7 heteroatoms.